The fraction of sp³-hybridized carbons (Fsp3) is 0.625. The molecule has 1 aliphatic rings. The van der Waals surface area contributed by atoms with Gasteiger partial charge >= 0.3 is 11.9 Å². The molecule has 1 saturated heterocycles. The van der Waals surface area contributed by atoms with E-state index in [2.05, 4.69) is 5.32 Å². The van der Waals surface area contributed by atoms with Crippen molar-refractivity contribution in [3.63, 3.8) is 0 Å². The van der Waals surface area contributed by atoms with Crippen molar-refractivity contribution >= 4 is 23.7 Å². The number of nitrogens with one attached hydrogen (secondary N) is 1. The molecule has 3 unspecified atom stereocenters. The lowest BCUT2D eigenvalue weighted by molar-refractivity contribution is -0.142. The molecule has 0 amide bonds. The minimum atomic E-state index is -1.23. The van der Waals surface area contributed by atoms with Gasteiger partial charge in [-0.25, -0.2) is 0 Å². The standard InChI is InChI=1S/C8H10N2O4S/c9-3-4(7(11)12)6-10-5(8(13)14)1-2-15-6/h4-6,10H,1-2H2,(H,11,12)(H,13,14). The van der Waals surface area contributed by atoms with Crippen LogP contribution >= 0.6 is 11.8 Å². The average molecular weight is 230 g/mol. The lowest BCUT2D eigenvalue weighted by Gasteiger charge is -2.29. The monoisotopic (exact) mass is 230 g/mol. The van der Waals surface area contributed by atoms with Crippen LogP contribution < -0.4 is 5.32 Å². The molecular weight excluding hydrogens is 220 g/mol. The molecule has 3 N–H and O–H groups in total. The molecule has 0 aromatic carbocycles. The van der Waals surface area contributed by atoms with Gasteiger partial charge in [0.1, 0.15) is 6.04 Å². The van der Waals surface area contributed by atoms with Gasteiger partial charge in [0, 0.05) is 0 Å². The molecule has 1 heterocycles. The Labute approximate surface area is 90.3 Å². The Morgan fingerprint density at radius 1 is 1.53 bits per heavy atom. The summed E-state index contributed by atoms with van der Waals surface area (Å²) < 4.78 is 0. The summed E-state index contributed by atoms with van der Waals surface area (Å²) in [6.45, 7) is 0. The number of rotatable bonds is 3. The van der Waals surface area contributed by atoms with E-state index in [9.17, 15) is 9.59 Å². The molecule has 6 nitrogen and oxygen atoms in total. The van der Waals surface area contributed by atoms with Crippen LogP contribution in [-0.4, -0.2) is 39.3 Å². The van der Waals surface area contributed by atoms with E-state index in [1.165, 1.54) is 11.8 Å². The van der Waals surface area contributed by atoms with Crippen LogP contribution in [0.4, 0.5) is 0 Å². The second-order valence-corrected chi connectivity index (χ2v) is 4.33. The van der Waals surface area contributed by atoms with Crippen LogP contribution in [-0.2, 0) is 9.59 Å². The summed E-state index contributed by atoms with van der Waals surface area (Å²) in [5.74, 6) is -2.91. The van der Waals surface area contributed by atoms with E-state index >= 15 is 0 Å². The van der Waals surface area contributed by atoms with E-state index in [0.29, 0.717) is 12.2 Å². The lowest BCUT2D eigenvalue weighted by Crippen LogP contribution is -2.50. The third kappa shape index (κ3) is 2.84. The average Bonchev–Trinajstić information content (AvgIpc) is 2.18. The van der Waals surface area contributed by atoms with Gasteiger partial charge in [0.2, 0.25) is 0 Å². The third-order valence-electron chi connectivity index (χ3n) is 2.08. The van der Waals surface area contributed by atoms with Gasteiger partial charge < -0.3 is 10.2 Å². The number of nitrogens with zero attached hydrogens (tertiary/aromatic N) is 1. The minimum absolute atomic E-state index is 0.439. The van der Waals surface area contributed by atoms with Gasteiger partial charge in [-0.15, -0.1) is 11.8 Å². The number of carboxylic acid groups (broad SMARTS) is 2. The van der Waals surface area contributed by atoms with Crippen LogP contribution in [0.15, 0.2) is 0 Å². The summed E-state index contributed by atoms with van der Waals surface area (Å²) in [4.78, 5) is 21.4. The number of aliphatic carboxylic acids is 2. The largest absolute Gasteiger partial charge is 0.480 e. The Morgan fingerprint density at radius 2 is 2.20 bits per heavy atom. The molecule has 0 aromatic rings. The zero-order chi connectivity index (χ0) is 11.4. The quantitative estimate of drug-likeness (QED) is 0.611. The molecule has 0 spiro atoms. The first-order chi connectivity index (χ1) is 7.06. The zero-order valence-electron chi connectivity index (χ0n) is 7.71. The Kier molecular flexibility index (Phi) is 3.94. The summed E-state index contributed by atoms with van der Waals surface area (Å²) in [6.07, 6.45) is 0.439. The molecule has 7 heteroatoms. The second-order valence-electron chi connectivity index (χ2n) is 3.08. The molecule has 1 aliphatic heterocycles. The molecule has 0 bridgehead atoms. The number of nitriles is 1. The summed E-state index contributed by atoms with van der Waals surface area (Å²) in [7, 11) is 0. The Hall–Kier alpha value is -1.26. The maximum absolute atomic E-state index is 10.7. The zero-order valence-corrected chi connectivity index (χ0v) is 8.53. The molecule has 0 aliphatic carbocycles. The third-order valence-corrected chi connectivity index (χ3v) is 3.31. The van der Waals surface area contributed by atoms with E-state index in [1.807, 2.05) is 0 Å². The van der Waals surface area contributed by atoms with Crippen LogP contribution in [0.1, 0.15) is 6.42 Å². The van der Waals surface area contributed by atoms with E-state index in [-0.39, 0.29) is 0 Å². The summed E-state index contributed by atoms with van der Waals surface area (Å²) in [5, 5.41) is 28.1. The molecule has 82 valence electrons. The van der Waals surface area contributed by atoms with Crippen LogP contribution in [0.2, 0.25) is 0 Å². The van der Waals surface area contributed by atoms with Crippen molar-refractivity contribution in [1.82, 2.24) is 5.32 Å². The van der Waals surface area contributed by atoms with Crippen molar-refractivity contribution in [3.05, 3.63) is 0 Å². The van der Waals surface area contributed by atoms with E-state index in [0.717, 1.165) is 0 Å². The first-order valence-corrected chi connectivity index (χ1v) is 5.34. The number of hydrogen-bond donors (Lipinski definition) is 3. The second kappa shape index (κ2) is 5.00. The molecule has 15 heavy (non-hydrogen) atoms. The van der Waals surface area contributed by atoms with Gasteiger partial charge in [0.25, 0.3) is 0 Å². The molecule has 0 radical (unpaired) electrons. The van der Waals surface area contributed by atoms with Gasteiger partial charge in [-0.05, 0) is 12.2 Å². The first-order valence-electron chi connectivity index (χ1n) is 4.29. The van der Waals surface area contributed by atoms with Crippen LogP contribution in [0.3, 0.4) is 0 Å². The van der Waals surface area contributed by atoms with Crippen molar-refractivity contribution in [3.8, 4) is 6.07 Å². The molecule has 3 atom stereocenters. The summed E-state index contributed by atoms with van der Waals surface area (Å²) in [5.41, 5.74) is 0. The van der Waals surface area contributed by atoms with Crippen molar-refractivity contribution in [2.45, 2.75) is 17.8 Å². The topological polar surface area (TPSA) is 110 Å². The molecule has 0 saturated carbocycles. The molecule has 0 aromatic heterocycles. The van der Waals surface area contributed by atoms with E-state index in [1.54, 1.807) is 6.07 Å². The van der Waals surface area contributed by atoms with E-state index < -0.39 is 29.3 Å². The summed E-state index contributed by atoms with van der Waals surface area (Å²) >= 11 is 1.27. The van der Waals surface area contributed by atoms with Crippen LogP contribution in [0.25, 0.3) is 0 Å². The fourth-order valence-electron chi connectivity index (χ4n) is 1.28. The summed E-state index contributed by atoms with van der Waals surface area (Å²) in [6, 6.07) is 0.897. The SMILES string of the molecule is N#CC(C(=O)O)C1NC(C(=O)O)CCS1. The van der Waals surface area contributed by atoms with E-state index in [4.69, 9.17) is 15.5 Å². The first kappa shape index (κ1) is 11.8. The smallest absolute Gasteiger partial charge is 0.323 e. The lowest BCUT2D eigenvalue weighted by atomic mass is 10.1. The normalized spacial score (nSPS) is 27.7. The fourth-order valence-corrected chi connectivity index (χ4v) is 2.54. The predicted octanol–water partition coefficient (Wildman–Crippen LogP) is -0.283. The van der Waals surface area contributed by atoms with Crippen molar-refractivity contribution < 1.29 is 19.8 Å². The maximum atomic E-state index is 10.7. The van der Waals surface area contributed by atoms with Crippen LogP contribution in [0, 0.1) is 17.2 Å². The number of carboxylic acids is 2. The van der Waals surface area contributed by atoms with Gasteiger partial charge in [-0.2, -0.15) is 5.26 Å². The number of hydrogen-bond acceptors (Lipinski definition) is 5. The highest BCUT2D eigenvalue weighted by Crippen LogP contribution is 2.24. The molecular formula is C8H10N2O4S. The minimum Gasteiger partial charge on any atom is -0.480 e. The highest BCUT2D eigenvalue weighted by atomic mass is 32.2. The van der Waals surface area contributed by atoms with Gasteiger partial charge in [-0.3, -0.25) is 14.9 Å². The van der Waals surface area contributed by atoms with Crippen LogP contribution in [0.5, 0.6) is 0 Å². The van der Waals surface area contributed by atoms with Crippen molar-refractivity contribution in [2.75, 3.05) is 5.75 Å². The van der Waals surface area contributed by atoms with Crippen molar-refractivity contribution in [2.24, 2.45) is 5.92 Å². The Morgan fingerprint density at radius 3 is 2.67 bits per heavy atom. The Balaban J connectivity index is 2.67. The van der Waals surface area contributed by atoms with Gasteiger partial charge in [0.05, 0.1) is 11.4 Å². The molecule has 1 rings (SSSR count). The number of thioether (sulfide) groups is 1. The van der Waals surface area contributed by atoms with Crippen molar-refractivity contribution in [1.29, 1.82) is 5.26 Å². The highest BCUT2D eigenvalue weighted by Gasteiger charge is 2.35. The number of carbonyl (C=O) groups is 2. The van der Waals surface area contributed by atoms with Gasteiger partial charge in [0.15, 0.2) is 5.92 Å². The predicted molar refractivity (Wildman–Crippen MR) is 52.2 cm³/mol. The maximum Gasteiger partial charge on any atom is 0.323 e. The molecule has 1 fully saturated rings. The highest BCUT2D eigenvalue weighted by molar-refractivity contribution is 7.99. The van der Waals surface area contributed by atoms with Gasteiger partial charge in [-0.1, -0.05) is 0 Å². The Bertz CT molecular complexity index is 314.